The molecule has 0 aromatic rings. The van der Waals surface area contributed by atoms with Gasteiger partial charge in [-0.3, -0.25) is 21.0 Å². The fraction of sp³-hybridized carbons (Fsp3) is 0.939. The zero-order valence-electron chi connectivity index (χ0n) is 26.6. The van der Waals surface area contributed by atoms with Gasteiger partial charge < -0.3 is 10.6 Å². The zero-order valence-corrected chi connectivity index (χ0v) is 26.6. The lowest BCUT2D eigenvalue weighted by Crippen LogP contribution is -2.75. The van der Waals surface area contributed by atoms with E-state index in [-0.39, 0.29) is 0 Å². The molecule has 0 aliphatic carbocycles. The summed E-state index contributed by atoms with van der Waals surface area (Å²) < 4.78 is 0. The highest BCUT2D eigenvalue weighted by Gasteiger charge is 2.31. The number of nitrogens with two attached hydrogens (primary N) is 1. The summed E-state index contributed by atoms with van der Waals surface area (Å²) in [4.78, 5) is 9.70. The summed E-state index contributed by atoms with van der Waals surface area (Å²) in [6.45, 7) is 8.51. The number of nitrogens with one attached hydrogen (secondary N) is 3. The third kappa shape index (κ3) is 21.2. The monoisotopic (exact) mass is 549 g/mol. The van der Waals surface area contributed by atoms with Gasteiger partial charge in [-0.05, 0) is 19.3 Å². The topological polar surface area (TPSA) is 86.8 Å². The second-order valence-electron chi connectivity index (χ2n) is 12.0. The van der Waals surface area contributed by atoms with Crippen LogP contribution in [0.15, 0.2) is 9.98 Å². The summed E-state index contributed by atoms with van der Waals surface area (Å²) in [5.41, 5.74) is 6.82. The first kappa shape index (κ1) is 35.7. The minimum atomic E-state index is -0.677. The molecule has 0 radical (unpaired) electrons. The van der Waals surface area contributed by atoms with E-state index in [2.05, 4.69) is 36.7 Å². The highest BCUT2D eigenvalue weighted by atomic mass is 15.5. The maximum atomic E-state index is 6.82. The van der Waals surface area contributed by atoms with Crippen molar-refractivity contribution in [3.05, 3.63) is 0 Å². The molecule has 5 N–H and O–H groups in total. The highest BCUT2D eigenvalue weighted by molar-refractivity contribution is 6.01. The van der Waals surface area contributed by atoms with Crippen molar-refractivity contribution < 1.29 is 0 Å². The molecule has 0 spiro atoms. The van der Waals surface area contributed by atoms with E-state index in [9.17, 15) is 0 Å². The van der Waals surface area contributed by atoms with E-state index in [0.29, 0.717) is 0 Å². The zero-order chi connectivity index (χ0) is 28.3. The van der Waals surface area contributed by atoms with E-state index in [4.69, 9.17) is 15.7 Å². The lowest BCUT2D eigenvalue weighted by Gasteiger charge is -2.39. The predicted molar refractivity (Wildman–Crippen MR) is 173 cm³/mol. The molecule has 6 nitrogen and oxygen atoms in total. The molecule has 0 aromatic heterocycles. The van der Waals surface area contributed by atoms with Gasteiger partial charge in [0, 0.05) is 19.5 Å². The molecule has 0 amide bonds. The molecule has 1 fully saturated rings. The standard InChI is InChI=1S/C33H68N6/c1-4-7-10-13-16-19-22-25-28-33(34)38-31(35-29-26-23-20-17-14-11-8-5-2)37-32(39-33)36-30-27-24-21-18-15-12-9-6-3/h4-30,34H2,1-3H3,(H3,35,36,37,38,39). The van der Waals surface area contributed by atoms with Gasteiger partial charge in [0.2, 0.25) is 11.9 Å². The van der Waals surface area contributed by atoms with Crippen LogP contribution in [-0.4, -0.2) is 30.8 Å². The summed E-state index contributed by atoms with van der Waals surface area (Å²) in [5.74, 6) is 0.894. The summed E-state index contributed by atoms with van der Waals surface area (Å²) in [6.07, 6.45) is 32.4. The van der Waals surface area contributed by atoms with Crippen molar-refractivity contribution >= 4 is 11.9 Å². The second kappa shape index (κ2) is 25.7. The molecule has 1 saturated heterocycles. The van der Waals surface area contributed by atoms with Gasteiger partial charge >= 0.3 is 0 Å². The van der Waals surface area contributed by atoms with Gasteiger partial charge in [-0.2, -0.15) is 0 Å². The maximum Gasteiger partial charge on any atom is 0.200 e. The van der Waals surface area contributed by atoms with Crippen molar-refractivity contribution in [3.63, 3.8) is 0 Å². The Morgan fingerprint density at radius 1 is 0.462 bits per heavy atom. The summed E-state index contributed by atoms with van der Waals surface area (Å²) in [7, 11) is 0. The Bertz CT molecular complexity index is 565. The van der Waals surface area contributed by atoms with Crippen LogP contribution in [0.3, 0.4) is 0 Å². The molecule has 1 heterocycles. The number of aliphatic imine (C=N–C) groups is 2. The molecule has 0 unspecified atom stereocenters. The van der Waals surface area contributed by atoms with Crippen LogP contribution < -0.4 is 21.7 Å². The van der Waals surface area contributed by atoms with Gasteiger partial charge in [0.25, 0.3) is 0 Å². The molecule has 0 bridgehead atoms. The van der Waals surface area contributed by atoms with Crippen LogP contribution in [0.2, 0.25) is 0 Å². The smallest absolute Gasteiger partial charge is 0.200 e. The first-order valence-corrected chi connectivity index (χ1v) is 17.3. The average molecular weight is 549 g/mol. The summed E-state index contributed by atoms with van der Waals surface area (Å²) in [6, 6.07) is 0. The molecule has 0 saturated carbocycles. The van der Waals surface area contributed by atoms with Gasteiger partial charge in [-0.25, -0.2) is 0 Å². The minimum Gasteiger partial charge on any atom is -0.321 e. The Labute approximate surface area is 243 Å². The van der Waals surface area contributed by atoms with Crippen molar-refractivity contribution in [1.29, 1.82) is 0 Å². The van der Waals surface area contributed by atoms with Gasteiger partial charge in [0.15, 0.2) is 5.79 Å². The number of nitrogens with zero attached hydrogens (tertiary/aromatic N) is 2. The third-order valence-electron chi connectivity index (χ3n) is 7.91. The van der Waals surface area contributed by atoms with E-state index >= 15 is 0 Å². The van der Waals surface area contributed by atoms with Crippen molar-refractivity contribution in [3.8, 4) is 0 Å². The second-order valence-corrected chi connectivity index (χ2v) is 12.0. The van der Waals surface area contributed by atoms with E-state index in [1.165, 1.54) is 135 Å². The number of hydrogen-bond acceptors (Lipinski definition) is 3. The van der Waals surface area contributed by atoms with Crippen LogP contribution >= 0.6 is 0 Å². The van der Waals surface area contributed by atoms with Crippen LogP contribution in [0.1, 0.15) is 181 Å². The first-order valence-electron chi connectivity index (χ1n) is 17.3. The summed E-state index contributed by atoms with van der Waals surface area (Å²) in [5, 5.41) is 10.3. The first-order chi connectivity index (χ1) is 19.1. The molecule has 1 rings (SSSR count). The summed E-state index contributed by atoms with van der Waals surface area (Å²) >= 11 is 0. The van der Waals surface area contributed by atoms with Crippen LogP contribution in [0.25, 0.3) is 0 Å². The molecule has 0 aromatic carbocycles. The largest absolute Gasteiger partial charge is 0.321 e. The van der Waals surface area contributed by atoms with Gasteiger partial charge in [0.05, 0.1) is 0 Å². The van der Waals surface area contributed by atoms with Crippen molar-refractivity contribution in [1.82, 2.24) is 16.0 Å². The molecule has 0 atom stereocenters. The maximum absolute atomic E-state index is 6.82. The fourth-order valence-electron chi connectivity index (χ4n) is 5.32. The molecule has 1 aliphatic rings. The van der Waals surface area contributed by atoms with E-state index in [0.717, 1.165) is 50.7 Å². The third-order valence-corrected chi connectivity index (χ3v) is 7.91. The number of guanidine groups is 2. The fourth-order valence-corrected chi connectivity index (χ4v) is 5.32. The Hall–Kier alpha value is -1.30. The molecule has 1 aliphatic heterocycles. The quantitative estimate of drug-likeness (QED) is 0.0772. The number of rotatable bonds is 27. The van der Waals surface area contributed by atoms with Gasteiger partial charge in [0.1, 0.15) is 0 Å². The number of hydrogen-bond donors (Lipinski definition) is 4. The normalized spacial score (nSPS) is 19.3. The molecular formula is C33H68N6. The molecular weight excluding hydrogens is 480 g/mol. The Balaban J connectivity index is 2.46. The Morgan fingerprint density at radius 3 is 1.13 bits per heavy atom. The lowest BCUT2D eigenvalue weighted by atomic mass is 10.0. The Kier molecular flexibility index (Phi) is 23.5. The van der Waals surface area contributed by atoms with Crippen LogP contribution in [0, 0.1) is 0 Å². The van der Waals surface area contributed by atoms with E-state index in [1.54, 1.807) is 0 Å². The van der Waals surface area contributed by atoms with Crippen LogP contribution in [-0.2, 0) is 0 Å². The van der Waals surface area contributed by atoms with Crippen molar-refractivity contribution in [2.24, 2.45) is 15.7 Å². The van der Waals surface area contributed by atoms with E-state index in [1.807, 2.05) is 0 Å². The van der Waals surface area contributed by atoms with Crippen molar-refractivity contribution in [2.75, 3.05) is 13.1 Å². The highest BCUT2D eigenvalue weighted by Crippen LogP contribution is 2.14. The van der Waals surface area contributed by atoms with Gasteiger partial charge in [-0.1, -0.05) is 156 Å². The molecule has 39 heavy (non-hydrogen) atoms. The van der Waals surface area contributed by atoms with Crippen LogP contribution in [0.4, 0.5) is 0 Å². The number of unbranched alkanes of at least 4 members (excludes halogenated alkanes) is 21. The van der Waals surface area contributed by atoms with Crippen molar-refractivity contribution in [2.45, 2.75) is 187 Å². The average Bonchev–Trinajstić information content (AvgIpc) is 2.92. The molecule has 6 heteroatoms. The van der Waals surface area contributed by atoms with Crippen LogP contribution in [0.5, 0.6) is 0 Å². The lowest BCUT2D eigenvalue weighted by molar-refractivity contribution is 0.305. The van der Waals surface area contributed by atoms with E-state index < -0.39 is 5.79 Å². The predicted octanol–water partition coefficient (Wildman–Crippen LogP) is 8.91. The molecule has 230 valence electrons. The SMILES string of the molecule is CCCCCCCCCCN=C1NC(=NCCCCCCCCCC)NC(N)(CCCCCCCCCC)N1. The minimum absolute atomic E-state index is 0.677. The Morgan fingerprint density at radius 2 is 0.769 bits per heavy atom. The van der Waals surface area contributed by atoms with Gasteiger partial charge in [-0.15, -0.1) is 0 Å².